The molecule has 2 aliphatic carbocycles. The lowest BCUT2D eigenvalue weighted by molar-refractivity contribution is -0.142. The van der Waals surface area contributed by atoms with Crippen LogP contribution in [-0.4, -0.2) is 23.3 Å². The summed E-state index contributed by atoms with van der Waals surface area (Å²) in [5.74, 6) is 1.76. The number of phenolic OH excluding ortho intramolecular Hbond substituents is 2. The van der Waals surface area contributed by atoms with Crippen molar-refractivity contribution in [2.75, 3.05) is 7.11 Å². The maximum atomic E-state index is 12.0. The topological polar surface area (TPSA) is 66.8 Å². The number of fused-ring (bicyclic) bond motifs is 1. The number of esters is 1. The second-order valence-corrected chi connectivity index (χ2v) is 11.2. The first kappa shape index (κ1) is 24.7. The standard InChI is InChI=1S/C28H42O4/c1-17(2)22-8-10-24-27(5,23(22)9-11-25(30)32-7)13-12-19(4)28(24,6)16-20-15-21(29)14-18(3)26(20)31/h14-15,19,23-24,29,31H,8-13,16H2,1-7H3/t19-,23+,24-,27-,28-/m1/s1. The normalized spacial score (nSPS) is 32.3. The number of methoxy groups -OCH3 is 1. The summed E-state index contributed by atoms with van der Waals surface area (Å²) in [4.78, 5) is 12.0. The van der Waals surface area contributed by atoms with Crippen molar-refractivity contribution in [1.29, 1.82) is 0 Å². The van der Waals surface area contributed by atoms with E-state index in [2.05, 4.69) is 34.6 Å². The molecule has 4 heteroatoms. The molecule has 178 valence electrons. The molecule has 5 atom stereocenters. The van der Waals surface area contributed by atoms with Gasteiger partial charge in [-0.1, -0.05) is 31.9 Å². The highest BCUT2D eigenvalue weighted by Crippen LogP contribution is 2.65. The quantitative estimate of drug-likeness (QED) is 0.302. The van der Waals surface area contributed by atoms with Gasteiger partial charge in [0, 0.05) is 6.42 Å². The smallest absolute Gasteiger partial charge is 0.305 e. The summed E-state index contributed by atoms with van der Waals surface area (Å²) in [5.41, 5.74) is 4.59. The molecule has 2 N–H and O–H groups in total. The van der Waals surface area contributed by atoms with Crippen molar-refractivity contribution in [3.63, 3.8) is 0 Å². The Bertz CT molecular complexity index is 897. The van der Waals surface area contributed by atoms with Gasteiger partial charge >= 0.3 is 5.97 Å². The van der Waals surface area contributed by atoms with Crippen molar-refractivity contribution >= 4 is 5.97 Å². The highest BCUT2D eigenvalue weighted by atomic mass is 16.5. The number of benzene rings is 1. The second-order valence-electron chi connectivity index (χ2n) is 11.2. The molecule has 0 radical (unpaired) electrons. The Kier molecular flexibility index (Phi) is 7.02. The minimum atomic E-state index is -0.129. The number of aromatic hydroxyl groups is 2. The molecule has 0 aromatic heterocycles. The van der Waals surface area contributed by atoms with Gasteiger partial charge in [-0.3, -0.25) is 4.79 Å². The molecule has 0 heterocycles. The Hall–Kier alpha value is -1.97. The van der Waals surface area contributed by atoms with Gasteiger partial charge in [-0.15, -0.1) is 0 Å². The first-order chi connectivity index (χ1) is 14.9. The SMILES string of the molecule is COC(=O)CC[C@H]1C(=C(C)C)CC[C@H]2[C@](C)(Cc3cc(O)cc(C)c3O)[C@H](C)CC[C@@]21C. The molecule has 0 saturated heterocycles. The van der Waals surface area contributed by atoms with Gasteiger partial charge in [0.2, 0.25) is 0 Å². The lowest BCUT2D eigenvalue weighted by Crippen LogP contribution is -2.54. The number of phenols is 2. The third kappa shape index (κ3) is 4.30. The zero-order valence-corrected chi connectivity index (χ0v) is 21.0. The first-order valence-corrected chi connectivity index (χ1v) is 12.2. The maximum absolute atomic E-state index is 12.0. The van der Waals surface area contributed by atoms with Crippen LogP contribution >= 0.6 is 0 Å². The minimum absolute atomic E-state index is 0.00139. The van der Waals surface area contributed by atoms with Crippen LogP contribution in [0.3, 0.4) is 0 Å². The van der Waals surface area contributed by atoms with Crippen molar-refractivity contribution < 1.29 is 19.7 Å². The molecule has 0 bridgehead atoms. The van der Waals surface area contributed by atoms with Gasteiger partial charge in [-0.25, -0.2) is 0 Å². The van der Waals surface area contributed by atoms with E-state index >= 15 is 0 Å². The highest BCUT2D eigenvalue weighted by molar-refractivity contribution is 5.69. The summed E-state index contributed by atoms with van der Waals surface area (Å²) in [6, 6.07) is 3.37. The number of carbonyl (C=O) groups is 1. The van der Waals surface area contributed by atoms with Crippen LogP contribution in [0, 0.1) is 35.5 Å². The summed E-state index contributed by atoms with van der Waals surface area (Å²) in [6.07, 6.45) is 6.53. The summed E-state index contributed by atoms with van der Waals surface area (Å²) in [5, 5.41) is 21.0. The van der Waals surface area contributed by atoms with E-state index in [0.29, 0.717) is 29.9 Å². The lowest BCUT2D eigenvalue weighted by atomic mass is 9.43. The predicted octanol–water partition coefficient (Wildman–Crippen LogP) is 6.71. The molecule has 0 aliphatic heterocycles. The number of hydrogen-bond acceptors (Lipinski definition) is 4. The zero-order chi connectivity index (χ0) is 23.8. The third-order valence-electron chi connectivity index (χ3n) is 9.20. The van der Waals surface area contributed by atoms with Crippen LogP contribution < -0.4 is 0 Å². The first-order valence-electron chi connectivity index (χ1n) is 12.2. The summed E-state index contributed by atoms with van der Waals surface area (Å²) >= 11 is 0. The summed E-state index contributed by atoms with van der Waals surface area (Å²) in [7, 11) is 1.47. The highest BCUT2D eigenvalue weighted by Gasteiger charge is 2.57. The fraction of sp³-hybridized carbons (Fsp3) is 0.679. The Balaban J connectivity index is 2.02. The molecule has 0 unspecified atom stereocenters. The molecule has 2 saturated carbocycles. The number of hydrogen-bond donors (Lipinski definition) is 2. The Morgan fingerprint density at radius 1 is 1.19 bits per heavy atom. The third-order valence-corrected chi connectivity index (χ3v) is 9.20. The number of rotatable bonds is 5. The number of allylic oxidation sites excluding steroid dienone is 2. The van der Waals surface area contributed by atoms with Crippen molar-refractivity contribution in [1.82, 2.24) is 0 Å². The minimum Gasteiger partial charge on any atom is -0.508 e. The van der Waals surface area contributed by atoms with Crippen LogP contribution in [0.1, 0.15) is 84.3 Å². The maximum Gasteiger partial charge on any atom is 0.305 e. The fourth-order valence-corrected chi connectivity index (χ4v) is 7.22. The number of carbonyl (C=O) groups excluding carboxylic acids is 1. The van der Waals surface area contributed by atoms with Crippen LogP contribution in [0.25, 0.3) is 0 Å². The van der Waals surface area contributed by atoms with Crippen molar-refractivity contribution in [3.8, 4) is 11.5 Å². The molecule has 0 amide bonds. The average molecular weight is 443 g/mol. The van der Waals surface area contributed by atoms with Gasteiger partial charge in [-0.05, 0) is 111 Å². The summed E-state index contributed by atoms with van der Waals surface area (Å²) < 4.78 is 4.97. The van der Waals surface area contributed by atoms with Crippen molar-refractivity contribution in [3.05, 3.63) is 34.4 Å². The lowest BCUT2D eigenvalue weighted by Gasteiger charge is -2.61. The molecule has 3 rings (SSSR count). The van der Waals surface area contributed by atoms with E-state index < -0.39 is 0 Å². The molecular formula is C28H42O4. The van der Waals surface area contributed by atoms with Crippen LogP contribution in [0.2, 0.25) is 0 Å². The molecule has 2 fully saturated rings. The van der Waals surface area contributed by atoms with E-state index in [1.807, 2.05) is 6.92 Å². The number of aryl methyl sites for hydroxylation is 1. The molecule has 32 heavy (non-hydrogen) atoms. The van der Waals surface area contributed by atoms with E-state index in [1.165, 1.54) is 18.3 Å². The average Bonchev–Trinajstić information content (AvgIpc) is 2.72. The van der Waals surface area contributed by atoms with Gasteiger partial charge in [0.1, 0.15) is 11.5 Å². The molecular weight excluding hydrogens is 400 g/mol. The van der Waals surface area contributed by atoms with Gasteiger partial charge < -0.3 is 14.9 Å². The second kappa shape index (κ2) is 9.11. The monoisotopic (exact) mass is 442 g/mol. The molecule has 0 spiro atoms. The molecule has 1 aromatic rings. The fourth-order valence-electron chi connectivity index (χ4n) is 7.22. The van der Waals surface area contributed by atoms with Crippen LogP contribution in [0.4, 0.5) is 0 Å². The van der Waals surface area contributed by atoms with E-state index in [4.69, 9.17) is 4.74 Å². The van der Waals surface area contributed by atoms with Crippen LogP contribution in [0.15, 0.2) is 23.3 Å². The Morgan fingerprint density at radius 3 is 2.50 bits per heavy atom. The van der Waals surface area contributed by atoms with Crippen LogP contribution in [-0.2, 0) is 16.0 Å². The van der Waals surface area contributed by atoms with E-state index in [1.54, 1.807) is 12.1 Å². The van der Waals surface area contributed by atoms with Crippen LogP contribution in [0.5, 0.6) is 11.5 Å². The van der Waals surface area contributed by atoms with E-state index in [-0.39, 0.29) is 22.5 Å². The van der Waals surface area contributed by atoms with Gasteiger partial charge in [0.15, 0.2) is 0 Å². The van der Waals surface area contributed by atoms with Gasteiger partial charge in [0.25, 0.3) is 0 Å². The van der Waals surface area contributed by atoms with Gasteiger partial charge in [-0.2, -0.15) is 0 Å². The Morgan fingerprint density at radius 2 is 1.88 bits per heavy atom. The predicted molar refractivity (Wildman–Crippen MR) is 129 cm³/mol. The largest absolute Gasteiger partial charge is 0.508 e. The van der Waals surface area contributed by atoms with Crippen molar-refractivity contribution in [2.45, 2.75) is 86.5 Å². The molecule has 1 aromatic carbocycles. The Labute approximate surface area is 194 Å². The number of ether oxygens (including phenoxy) is 1. The van der Waals surface area contributed by atoms with E-state index in [9.17, 15) is 15.0 Å². The van der Waals surface area contributed by atoms with Crippen molar-refractivity contribution in [2.24, 2.45) is 28.6 Å². The van der Waals surface area contributed by atoms with E-state index in [0.717, 1.165) is 49.7 Å². The summed E-state index contributed by atoms with van der Waals surface area (Å²) in [6.45, 7) is 13.5. The zero-order valence-electron chi connectivity index (χ0n) is 21.0. The molecule has 4 nitrogen and oxygen atoms in total. The molecule has 2 aliphatic rings. The van der Waals surface area contributed by atoms with Gasteiger partial charge in [0.05, 0.1) is 7.11 Å².